The van der Waals surface area contributed by atoms with Gasteiger partial charge in [-0.15, -0.1) is 0 Å². The maximum atomic E-state index is 9.14. The van der Waals surface area contributed by atoms with Crippen LogP contribution in [0.15, 0.2) is 0 Å². The fourth-order valence-electron chi connectivity index (χ4n) is 3.19. The normalized spacial score (nSPS) is 35.6. The summed E-state index contributed by atoms with van der Waals surface area (Å²) in [6.45, 7) is 0. The number of rotatable bonds is 0. The molecule has 2 aliphatic rings. The molecule has 2 rings (SSSR count). The molecule has 2 atom stereocenters. The predicted octanol–water partition coefficient (Wildman–Crippen LogP) is 3.05. The zero-order valence-corrected chi connectivity index (χ0v) is 10.6. The first-order valence-corrected chi connectivity index (χ1v) is 8.62. The highest BCUT2D eigenvalue weighted by molar-refractivity contribution is 8.33. The number of nitrogens with zero attached hydrogens (tertiary/aromatic N) is 2. The van der Waals surface area contributed by atoms with Gasteiger partial charge in [-0.2, -0.15) is 10.5 Å². The van der Waals surface area contributed by atoms with E-state index in [1.165, 1.54) is 37.2 Å². The zero-order chi connectivity index (χ0) is 11.4. The van der Waals surface area contributed by atoms with Crippen molar-refractivity contribution in [2.45, 2.75) is 32.1 Å². The fraction of sp³-hybridized carbons (Fsp3) is 0.846. The largest absolute Gasteiger partial charge is 0.238 e. The van der Waals surface area contributed by atoms with Gasteiger partial charge in [0.25, 0.3) is 0 Å². The molecule has 2 nitrogen and oxygen atoms in total. The molecule has 0 amide bonds. The van der Waals surface area contributed by atoms with Gasteiger partial charge in [-0.1, -0.05) is 12.8 Å². The first-order chi connectivity index (χ1) is 7.78. The maximum Gasteiger partial charge on any atom is 0.0664 e. The van der Waals surface area contributed by atoms with E-state index in [4.69, 9.17) is 10.5 Å². The average molecular weight is 236 g/mol. The van der Waals surface area contributed by atoms with E-state index in [1.807, 2.05) is 0 Å². The van der Waals surface area contributed by atoms with E-state index in [-0.39, 0.29) is 11.8 Å². The molecule has 88 valence electrons. The Labute approximate surface area is 100.0 Å². The molecular formula is C13H20N2S. The van der Waals surface area contributed by atoms with Crippen molar-refractivity contribution in [1.82, 2.24) is 0 Å². The van der Waals surface area contributed by atoms with Crippen molar-refractivity contribution in [2.24, 2.45) is 11.8 Å². The molecular weight excluding hydrogens is 216 g/mol. The van der Waals surface area contributed by atoms with E-state index in [1.54, 1.807) is 0 Å². The van der Waals surface area contributed by atoms with Crippen LogP contribution in [0.25, 0.3) is 0 Å². The second kappa shape index (κ2) is 5.11. The lowest BCUT2D eigenvalue weighted by Crippen LogP contribution is -2.31. The second-order valence-corrected chi connectivity index (χ2v) is 9.20. The molecule has 2 fully saturated rings. The molecule has 3 heteroatoms. The van der Waals surface area contributed by atoms with Crippen LogP contribution >= 0.6 is 10.0 Å². The molecule has 0 bridgehead atoms. The van der Waals surface area contributed by atoms with Gasteiger partial charge in [-0.3, -0.25) is 0 Å². The van der Waals surface area contributed by atoms with Crippen molar-refractivity contribution in [1.29, 1.82) is 10.5 Å². The summed E-state index contributed by atoms with van der Waals surface area (Å²) in [5.74, 6) is 5.30. The van der Waals surface area contributed by atoms with Crippen LogP contribution in [0.2, 0.25) is 0 Å². The number of hydrogen-bond acceptors (Lipinski definition) is 2. The van der Waals surface area contributed by atoms with Gasteiger partial charge in [0.2, 0.25) is 0 Å². The van der Waals surface area contributed by atoms with Gasteiger partial charge in [0.15, 0.2) is 0 Å². The highest BCUT2D eigenvalue weighted by atomic mass is 32.3. The van der Waals surface area contributed by atoms with E-state index < -0.39 is 10.0 Å². The van der Waals surface area contributed by atoms with Crippen LogP contribution in [0, 0.1) is 34.5 Å². The van der Waals surface area contributed by atoms with Crippen molar-refractivity contribution in [3.63, 3.8) is 0 Å². The maximum absolute atomic E-state index is 9.14. The Hall–Kier alpha value is -0.670. The monoisotopic (exact) mass is 236 g/mol. The topological polar surface area (TPSA) is 47.6 Å². The smallest absolute Gasteiger partial charge is 0.0664 e. The van der Waals surface area contributed by atoms with Gasteiger partial charge in [0.05, 0.1) is 24.0 Å². The Kier molecular flexibility index (Phi) is 3.77. The Morgan fingerprint density at radius 3 is 1.75 bits per heavy atom. The molecule has 0 N–H and O–H groups in total. The third-order valence-electron chi connectivity index (χ3n) is 3.95. The van der Waals surface area contributed by atoms with Crippen LogP contribution in [0.3, 0.4) is 0 Å². The highest BCUT2D eigenvalue weighted by Gasteiger charge is 2.36. The van der Waals surface area contributed by atoms with Crippen LogP contribution < -0.4 is 0 Å². The van der Waals surface area contributed by atoms with E-state index in [0.717, 1.165) is 17.9 Å². The van der Waals surface area contributed by atoms with Crippen molar-refractivity contribution in [2.75, 3.05) is 23.0 Å². The Balaban J connectivity index is 2.12. The second-order valence-electron chi connectivity index (χ2n) is 5.27. The predicted molar refractivity (Wildman–Crippen MR) is 68.4 cm³/mol. The molecule has 0 aromatic heterocycles. The summed E-state index contributed by atoms with van der Waals surface area (Å²) < 4.78 is 0. The standard InChI is InChI=1S/C13H20N2S/c14-8-12-7-13(9-15)11-16(10-12)5-3-1-2-4-6-16/h12-13H,1-7,10-11H2. The number of hydrogen-bond donors (Lipinski definition) is 0. The minimum atomic E-state index is -0.603. The van der Waals surface area contributed by atoms with Crippen LogP contribution in [0.4, 0.5) is 0 Å². The molecule has 2 heterocycles. The summed E-state index contributed by atoms with van der Waals surface area (Å²) in [4.78, 5) is 0. The van der Waals surface area contributed by atoms with E-state index in [2.05, 4.69) is 12.1 Å². The van der Waals surface area contributed by atoms with Crippen LogP contribution in [-0.2, 0) is 0 Å². The lowest BCUT2D eigenvalue weighted by Gasteiger charge is -2.46. The first kappa shape index (κ1) is 11.8. The van der Waals surface area contributed by atoms with Gasteiger partial charge in [0.1, 0.15) is 0 Å². The summed E-state index contributed by atoms with van der Waals surface area (Å²) in [6.07, 6.45) is 6.24. The Morgan fingerprint density at radius 1 is 0.812 bits per heavy atom. The summed E-state index contributed by atoms with van der Waals surface area (Å²) in [7, 11) is -0.603. The van der Waals surface area contributed by atoms with Crippen LogP contribution in [0.1, 0.15) is 32.1 Å². The lowest BCUT2D eigenvalue weighted by molar-refractivity contribution is 0.548. The fourth-order valence-corrected chi connectivity index (χ4v) is 7.95. The van der Waals surface area contributed by atoms with E-state index in [0.29, 0.717) is 0 Å². The summed E-state index contributed by atoms with van der Waals surface area (Å²) in [6, 6.07) is 4.86. The van der Waals surface area contributed by atoms with Gasteiger partial charge in [-0.05, 0) is 42.3 Å². The summed E-state index contributed by atoms with van der Waals surface area (Å²) >= 11 is 0. The van der Waals surface area contributed by atoms with Crippen LogP contribution in [-0.4, -0.2) is 23.0 Å². The van der Waals surface area contributed by atoms with Gasteiger partial charge >= 0.3 is 0 Å². The third kappa shape index (κ3) is 2.53. The zero-order valence-electron chi connectivity index (χ0n) is 9.82. The molecule has 2 saturated heterocycles. The molecule has 0 radical (unpaired) electrons. The molecule has 0 aromatic carbocycles. The van der Waals surface area contributed by atoms with E-state index in [9.17, 15) is 0 Å². The van der Waals surface area contributed by atoms with Gasteiger partial charge < -0.3 is 0 Å². The van der Waals surface area contributed by atoms with Gasteiger partial charge in [-0.25, -0.2) is 10.0 Å². The van der Waals surface area contributed by atoms with Crippen LogP contribution in [0.5, 0.6) is 0 Å². The van der Waals surface area contributed by atoms with E-state index >= 15 is 0 Å². The molecule has 0 saturated carbocycles. The summed E-state index contributed by atoms with van der Waals surface area (Å²) in [5.41, 5.74) is 0. The first-order valence-electron chi connectivity index (χ1n) is 6.31. The minimum absolute atomic E-state index is 0.173. The van der Waals surface area contributed by atoms with Crippen molar-refractivity contribution in [3.05, 3.63) is 0 Å². The Bertz CT molecular complexity index is 294. The minimum Gasteiger partial charge on any atom is -0.238 e. The van der Waals surface area contributed by atoms with Gasteiger partial charge in [0, 0.05) is 0 Å². The average Bonchev–Trinajstić information content (AvgIpc) is 2.54. The van der Waals surface area contributed by atoms with Crippen molar-refractivity contribution >= 4 is 10.0 Å². The lowest BCUT2D eigenvalue weighted by atomic mass is 9.99. The molecule has 16 heavy (non-hydrogen) atoms. The quantitative estimate of drug-likeness (QED) is 0.649. The van der Waals surface area contributed by atoms with Crippen molar-refractivity contribution in [3.8, 4) is 12.1 Å². The number of nitriles is 2. The van der Waals surface area contributed by atoms with Crippen molar-refractivity contribution < 1.29 is 0 Å². The Morgan fingerprint density at radius 2 is 1.31 bits per heavy atom. The molecule has 2 unspecified atom stereocenters. The highest BCUT2D eigenvalue weighted by Crippen LogP contribution is 2.57. The SMILES string of the molecule is N#CC1CC(C#N)CS2(CCCCCC2)C1. The third-order valence-corrected chi connectivity index (χ3v) is 8.48. The molecule has 0 aromatic rings. The summed E-state index contributed by atoms with van der Waals surface area (Å²) in [5, 5.41) is 18.3. The molecule has 0 aliphatic carbocycles. The molecule has 1 spiro atoms. The molecule has 2 aliphatic heterocycles.